The van der Waals surface area contributed by atoms with Gasteiger partial charge in [0.15, 0.2) is 8.32 Å². The van der Waals surface area contributed by atoms with Crippen molar-refractivity contribution in [3.8, 4) is 0 Å². The van der Waals surface area contributed by atoms with E-state index in [9.17, 15) is 9.59 Å². The van der Waals surface area contributed by atoms with E-state index >= 15 is 0 Å². The summed E-state index contributed by atoms with van der Waals surface area (Å²) in [4.78, 5) is 22.7. The van der Waals surface area contributed by atoms with Gasteiger partial charge >= 0.3 is 5.97 Å². The van der Waals surface area contributed by atoms with Gasteiger partial charge in [0.1, 0.15) is 0 Å². The molecule has 0 aliphatic heterocycles. The summed E-state index contributed by atoms with van der Waals surface area (Å²) in [6.07, 6.45) is 1.79. The maximum Gasteiger partial charge on any atom is 0.306 e. The average molecular weight is 294 g/mol. The molecule has 0 aliphatic carbocycles. The molecular weight excluding hydrogens is 268 g/mol. The predicted octanol–water partition coefficient (Wildman–Crippen LogP) is 3.53. The molecular formula is C16H26O3Si. The fourth-order valence-electron chi connectivity index (χ4n) is 2.65. The Bertz CT molecular complexity index is 425. The topological polar surface area (TPSA) is 46.5 Å². The highest BCUT2D eigenvalue weighted by Gasteiger charge is 2.46. The van der Waals surface area contributed by atoms with Crippen LogP contribution in [-0.4, -0.2) is 25.7 Å². The number of benzene rings is 1. The summed E-state index contributed by atoms with van der Waals surface area (Å²) in [7, 11) is -2.51. The highest BCUT2D eigenvalue weighted by atomic mass is 28.4. The van der Waals surface area contributed by atoms with Gasteiger partial charge in [-0.25, -0.2) is 0 Å². The van der Waals surface area contributed by atoms with Crippen LogP contribution in [0.15, 0.2) is 30.3 Å². The largest absolute Gasteiger partial charge is 0.466 e. The maximum atomic E-state index is 11.9. The molecule has 0 amide bonds. The summed E-state index contributed by atoms with van der Waals surface area (Å²) in [5.74, 6) is -0.208. The average Bonchev–Trinajstić information content (AvgIpc) is 2.38. The number of hydrogen-bond donors (Lipinski definition) is 1. The first-order valence-electron chi connectivity index (χ1n) is 7.26. The minimum Gasteiger partial charge on any atom is -0.466 e. The number of ether oxygens (including phenoxy) is 1. The number of rotatable bonds is 7. The Balaban J connectivity index is 3.03. The number of hydrogen-bond acceptors (Lipinski definition) is 3. The molecule has 1 rings (SSSR count). The van der Waals surface area contributed by atoms with Crippen molar-refractivity contribution in [2.24, 2.45) is 0 Å². The van der Waals surface area contributed by atoms with Crippen molar-refractivity contribution in [1.29, 1.82) is 0 Å². The van der Waals surface area contributed by atoms with E-state index < -0.39 is 8.32 Å². The molecule has 0 bridgehead atoms. The van der Waals surface area contributed by atoms with Gasteiger partial charge in [0.05, 0.1) is 13.0 Å². The third-order valence-corrected chi connectivity index (χ3v) is 7.45. The molecule has 0 spiro atoms. The first-order valence-corrected chi connectivity index (χ1v) is 10.2. The van der Waals surface area contributed by atoms with Crippen LogP contribution in [0.2, 0.25) is 18.1 Å². The summed E-state index contributed by atoms with van der Waals surface area (Å²) < 4.78 is 5.10. The Kier molecular flexibility index (Phi) is 5.96. The summed E-state index contributed by atoms with van der Waals surface area (Å²) in [6, 6.07) is 10.1. The fraction of sp³-hybridized carbons (Fsp3) is 0.562. The molecule has 1 aromatic rings. The Morgan fingerprint density at radius 3 is 2.30 bits per heavy atom. The third kappa shape index (κ3) is 4.18. The van der Waals surface area contributed by atoms with Gasteiger partial charge in [0.25, 0.3) is 0 Å². The fourth-order valence-corrected chi connectivity index (χ4v) is 4.73. The third-order valence-electron chi connectivity index (χ3n) is 4.15. The Morgan fingerprint density at radius 2 is 1.85 bits per heavy atom. The van der Waals surface area contributed by atoms with Gasteiger partial charge in [-0.15, -0.1) is 0 Å². The van der Waals surface area contributed by atoms with E-state index in [4.69, 9.17) is 4.74 Å². The summed E-state index contributed by atoms with van der Waals surface area (Å²) in [5.41, 5.74) is 1.16. The van der Waals surface area contributed by atoms with Gasteiger partial charge in [-0.2, -0.15) is 0 Å². The van der Waals surface area contributed by atoms with Gasteiger partial charge in [-0.05, 0) is 38.4 Å². The monoisotopic (exact) mass is 294 g/mol. The number of carbonyl (C=O) groups is 1. The van der Waals surface area contributed by atoms with E-state index in [1.807, 2.05) is 45.1 Å². The van der Waals surface area contributed by atoms with Crippen LogP contribution >= 0.6 is 0 Å². The molecule has 20 heavy (non-hydrogen) atoms. The van der Waals surface area contributed by atoms with E-state index in [0.29, 0.717) is 13.0 Å². The molecule has 1 N–H and O–H groups in total. The zero-order chi connectivity index (χ0) is 15.2. The van der Waals surface area contributed by atoms with E-state index in [0.717, 1.165) is 18.4 Å². The van der Waals surface area contributed by atoms with Crippen molar-refractivity contribution in [1.82, 2.24) is 0 Å². The number of esters is 1. The molecule has 0 radical (unpaired) electrons. The molecule has 0 fully saturated rings. The predicted molar refractivity (Wildman–Crippen MR) is 84.1 cm³/mol. The first-order chi connectivity index (χ1) is 9.34. The van der Waals surface area contributed by atoms with Gasteiger partial charge < -0.3 is 9.53 Å². The van der Waals surface area contributed by atoms with Gasteiger partial charge in [-0.3, -0.25) is 4.79 Å². The zero-order valence-corrected chi connectivity index (χ0v) is 14.0. The molecule has 112 valence electrons. The van der Waals surface area contributed by atoms with E-state index in [1.165, 1.54) is 0 Å². The Morgan fingerprint density at radius 1 is 1.25 bits per heavy atom. The van der Waals surface area contributed by atoms with Crippen LogP contribution in [-0.2, 0) is 16.0 Å². The summed E-state index contributed by atoms with van der Waals surface area (Å²) in [5, 5.41) is -0.374. The standard InChI is InChI=1S/C16H26O3Si/c1-5-16(20(3,4)18,13-15(17)19-6-2)12-14-10-8-7-9-11-14/h7-11,18H,5-6,12-13H2,1-4H3. The van der Waals surface area contributed by atoms with E-state index in [1.54, 1.807) is 0 Å². The first kappa shape index (κ1) is 16.9. The van der Waals surface area contributed by atoms with Crippen molar-refractivity contribution in [2.75, 3.05) is 6.61 Å². The lowest BCUT2D eigenvalue weighted by Crippen LogP contribution is -2.45. The SMILES string of the molecule is CCOC(=O)CC(CC)(Cc1ccccc1)[Si](C)(C)O. The normalized spacial score (nSPS) is 14.7. The lowest BCUT2D eigenvalue weighted by Gasteiger charge is -2.40. The number of carbonyl (C=O) groups excluding carboxylic acids is 1. The second-order valence-electron chi connectivity index (χ2n) is 5.84. The van der Waals surface area contributed by atoms with Crippen LogP contribution in [0.3, 0.4) is 0 Å². The van der Waals surface area contributed by atoms with Crippen molar-refractivity contribution >= 4 is 14.3 Å². The lowest BCUT2D eigenvalue weighted by molar-refractivity contribution is -0.144. The maximum absolute atomic E-state index is 11.9. The molecule has 1 unspecified atom stereocenters. The molecule has 1 atom stereocenters. The summed E-state index contributed by atoms with van der Waals surface area (Å²) >= 11 is 0. The molecule has 0 saturated heterocycles. The van der Waals surface area contributed by atoms with Crippen LogP contribution in [0.1, 0.15) is 32.3 Å². The minimum absolute atomic E-state index is 0.208. The molecule has 0 aliphatic rings. The quantitative estimate of drug-likeness (QED) is 0.618. The molecule has 0 heterocycles. The highest BCUT2D eigenvalue weighted by molar-refractivity contribution is 6.73. The van der Waals surface area contributed by atoms with E-state index in [2.05, 4.69) is 12.1 Å². The summed E-state index contributed by atoms with van der Waals surface area (Å²) in [6.45, 7) is 8.08. The molecule has 0 aromatic heterocycles. The van der Waals surface area contributed by atoms with Crippen LogP contribution in [0.5, 0.6) is 0 Å². The minimum atomic E-state index is -2.51. The van der Waals surface area contributed by atoms with Crippen LogP contribution < -0.4 is 0 Å². The molecule has 0 saturated carbocycles. The van der Waals surface area contributed by atoms with Crippen LogP contribution in [0.25, 0.3) is 0 Å². The molecule has 4 heteroatoms. The van der Waals surface area contributed by atoms with Gasteiger partial charge in [0.2, 0.25) is 0 Å². The van der Waals surface area contributed by atoms with Gasteiger partial charge in [-0.1, -0.05) is 37.3 Å². The van der Waals surface area contributed by atoms with E-state index in [-0.39, 0.29) is 11.0 Å². The van der Waals surface area contributed by atoms with Crippen molar-refractivity contribution in [3.63, 3.8) is 0 Å². The smallest absolute Gasteiger partial charge is 0.306 e. The highest BCUT2D eigenvalue weighted by Crippen LogP contribution is 2.46. The molecule has 1 aromatic carbocycles. The lowest BCUT2D eigenvalue weighted by atomic mass is 9.92. The second kappa shape index (κ2) is 7.04. The Hall–Kier alpha value is -1.13. The molecule has 3 nitrogen and oxygen atoms in total. The second-order valence-corrected chi connectivity index (χ2v) is 10.0. The zero-order valence-electron chi connectivity index (χ0n) is 13.0. The van der Waals surface area contributed by atoms with Crippen LogP contribution in [0.4, 0.5) is 0 Å². The van der Waals surface area contributed by atoms with Crippen molar-refractivity contribution < 1.29 is 14.3 Å². The Labute approximate surface area is 123 Å². The van der Waals surface area contributed by atoms with Crippen LogP contribution in [0, 0.1) is 0 Å². The van der Waals surface area contributed by atoms with Crippen molar-refractivity contribution in [3.05, 3.63) is 35.9 Å². The van der Waals surface area contributed by atoms with Crippen molar-refractivity contribution in [2.45, 2.75) is 51.2 Å². The van der Waals surface area contributed by atoms with Gasteiger partial charge in [0, 0.05) is 5.04 Å².